The molecular formula is C12H10F3N3O. The van der Waals surface area contributed by atoms with Crippen LogP contribution in [0.4, 0.5) is 13.2 Å². The van der Waals surface area contributed by atoms with Crippen LogP contribution in [0.5, 0.6) is 0 Å². The van der Waals surface area contributed by atoms with Crippen molar-refractivity contribution in [3.63, 3.8) is 0 Å². The van der Waals surface area contributed by atoms with E-state index in [0.717, 1.165) is 0 Å². The molecule has 0 aliphatic heterocycles. The van der Waals surface area contributed by atoms with E-state index in [1.54, 1.807) is 13.1 Å². The van der Waals surface area contributed by atoms with Crippen LogP contribution in [0.25, 0.3) is 0 Å². The molecule has 2 aromatic rings. The van der Waals surface area contributed by atoms with Gasteiger partial charge in [-0.25, -0.2) is 13.2 Å². The Morgan fingerprint density at radius 3 is 2.47 bits per heavy atom. The SMILES string of the molecule is CC(NC(=O)c1c(F)cc(F)cc1F)c1cn[nH]c1. The van der Waals surface area contributed by atoms with Crippen molar-refractivity contribution in [2.75, 3.05) is 0 Å². The molecule has 2 rings (SSSR count). The van der Waals surface area contributed by atoms with Gasteiger partial charge in [-0.3, -0.25) is 9.89 Å². The Morgan fingerprint density at radius 2 is 1.95 bits per heavy atom. The van der Waals surface area contributed by atoms with Gasteiger partial charge in [-0.05, 0) is 6.92 Å². The van der Waals surface area contributed by atoms with Gasteiger partial charge in [0.05, 0.1) is 12.2 Å². The van der Waals surface area contributed by atoms with Crippen LogP contribution < -0.4 is 5.32 Å². The molecule has 1 atom stereocenters. The molecule has 19 heavy (non-hydrogen) atoms. The molecule has 0 aliphatic rings. The van der Waals surface area contributed by atoms with E-state index >= 15 is 0 Å². The number of halogens is 3. The number of aromatic nitrogens is 2. The summed E-state index contributed by atoms with van der Waals surface area (Å²) >= 11 is 0. The molecule has 0 saturated heterocycles. The van der Waals surface area contributed by atoms with Crippen LogP contribution in [0, 0.1) is 17.5 Å². The Hall–Kier alpha value is -2.31. The van der Waals surface area contributed by atoms with E-state index in [1.807, 2.05) is 0 Å². The van der Waals surface area contributed by atoms with E-state index in [1.165, 1.54) is 6.20 Å². The van der Waals surface area contributed by atoms with Crippen LogP contribution >= 0.6 is 0 Å². The quantitative estimate of drug-likeness (QED) is 0.898. The number of amides is 1. The number of carbonyl (C=O) groups is 1. The van der Waals surface area contributed by atoms with Crippen molar-refractivity contribution in [1.82, 2.24) is 15.5 Å². The van der Waals surface area contributed by atoms with E-state index in [-0.39, 0.29) is 0 Å². The highest BCUT2D eigenvalue weighted by molar-refractivity contribution is 5.95. The van der Waals surface area contributed by atoms with E-state index in [0.29, 0.717) is 17.7 Å². The Balaban J connectivity index is 2.21. The second-order valence-corrected chi connectivity index (χ2v) is 3.97. The van der Waals surface area contributed by atoms with Crippen LogP contribution in [0.1, 0.15) is 28.9 Å². The van der Waals surface area contributed by atoms with Gasteiger partial charge in [-0.1, -0.05) is 0 Å². The van der Waals surface area contributed by atoms with Gasteiger partial charge in [0, 0.05) is 23.9 Å². The van der Waals surface area contributed by atoms with E-state index in [2.05, 4.69) is 15.5 Å². The summed E-state index contributed by atoms with van der Waals surface area (Å²) in [5.41, 5.74) is -0.159. The van der Waals surface area contributed by atoms with E-state index < -0.39 is 35.0 Å². The maximum Gasteiger partial charge on any atom is 0.257 e. The second-order valence-electron chi connectivity index (χ2n) is 3.97. The first-order valence-corrected chi connectivity index (χ1v) is 5.43. The Kier molecular flexibility index (Phi) is 3.55. The summed E-state index contributed by atoms with van der Waals surface area (Å²) in [6, 6.07) is 0.427. The van der Waals surface area contributed by atoms with Crippen molar-refractivity contribution >= 4 is 5.91 Å². The predicted octanol–water partition coefficient (Wildman–Crippen LogP) is 2.32. The first-order valence-electron chi connectivity index (χ1n) is 5.43. The molecule has 1 aromatic heterocycles. The third-order valence-corrected chi connectivity index (χ3v) is 2.60. The monoisotopic (exact) mass is 269 g/mol. The Labute approximate surface area is 106 Å². The van der Waals surface area contributed by atoms with Crippen molar-refractivity contribution in [3.8, 4) is 0 Å². The van der Waals surface area contributed by atoms with Gasteiger partial charge in [0.25, 0.3) is 5.91 Å². The molecule has 0 saturated carbocycles. The van der Waals surface area contributed by atoms with Gasteiger partial charge in [0.15, 0.2) is 0 Å². The van der Waals surface area contributed by atoms with Crippen LogP contribution in [0.3, 0.4) is 0 Å². The minimum atomic E-state index is -1.24. The number of hydrogen-bond donors (Lipinski definition) is 2. The van der Waals surface area contributed by atoms with Gasteiger partial charge in [0.1, 0.15) is 23.0 Å². The normalized spacial score (nSPS) is 12.2. The largest absolute Gasteiger partial charge is 0.345 e. The summed E-state index contributed by atoms with van der Waals surface area (Å²) < 4.78 is 39.5. The summed E-state index contributed by atoms with van der Waals surface area (Å²) in [5.74, 6) is -4.51. The first kappa shape index (κ1) is 13.1. The summed E-state index contributed by atoms with van der Waals surface area (Å²) in [6.45, 7) is 1.63. The number of aromatic amines is 1. The maximum absolute atomic E-state index is 13.4. The maximum atomic E-state index is 13.4. The van der Waals surface area contributed by atoms with Gasteiger partial charge in [-0.15, -0.1) is 0 Å². The van der Waals surface area contributed by atoms with Crippen LogP contribution in [0.2, 0.25) is 0 Å². The number of hydrogen-bond acceptors (Lipinski definition) is 2. The Morgan fingerprint density at radius 1 is 1.32 bits per heavy atom. The smallest absolute Gasteiger partial charge is 0.257 e. The summed E-state index contributed by atoms with van der Waals surface area (Å²) in [4.78, 5) is 11.8. The molecule has 1 amide bonds. The molecule has 0 radical (unpaired) electrons. The van der Waals surface area contributed by atoms with Crippen LogP contribution in [-0.2, 0) is 0 Å². The first-order chi connectivity index (χ1) is 8.99. The van der Waals surface area contributed by atoms with Gasteiger partial charge in [0.2, 0.25) is 0 Å². The lowest BCUT2D eigenvalue weighted by Crippen LogP contribution is -2.28. The number of rotatable bonds is 3. The molecule has 7 heteroatoms. The molecule has 1 heterocycles. The van der Waals surface area contributed by atoms with E-state index in [9.17, 15) is 18.0 Å². The summed E-state index contributed by atoms with van der Waals surface area (Å²) in [5, 5.41) is 8.65. The van der Waals surface area contributed by atoms with Crippen molar-refractivity contribution in [3.05, 3.63) is 53.1 Å². The molecule has 0 fully saturated rings. The highest BCUT2D eigenvalue weighted by Gasteiger charge is 2.21. The number of nitrogens with one attached hydrogen (secondary N) is 2. The zero-order valence-corrected chi connectivity index (χ0v) is 9.88. The zero-order chi connectivity index (χ0) is 14.0. The molecule has 2 N–H and O–H groups in total. The lowest BCUT2D eigenvalue weighted by Gasteiger charge is -2.12. The number of benzene rings is 1. The fraction of sp³-hybridized carbons (Fsp3) is 0.167. The van der Waals surface area contributed by atoms with Gasteiger partial charge < -0.3 is 5.32 Å². The van der Waals surface area contributed by atoms with Gasteiger partial charge >= 0.3 is 0 Å². The molecule has 4 nitrogen and oxygen atoms in total. The van der Waals surface area contributed by atoms with Crippen molar-refractivity contribution in [1.29, 1.82) is 0 Å². The zero-order valence-electron chi connectivity index (χ0n) is 9.88. The van der Waals surface area contributed by atoms with Crippen molar-refractivity contribution in [2.45, 2.75) is 13.0 Å². The average Bonchev–Trinajstić information content (AvgIpc) is 2.80. The predicted molar refractivity (Wildman–Crippen MR) is 60.8 cm³/mol. The van der Waals surface area contributed by atoms with E-state index in [4.69, 9.17) is 0 Å². The molecule has 0 bridgehead atoms. The lowest BCUT2D eigenvalue weighted by molar-refractivity contribution is 0.0931. The third-order valence-electron chi connectivity index (χ3n) is 2.60. The minimum absolute atomic E-state index is 0.459. The fourth-order valence-corrected chi connectivity index (χ4v) is 1.61. The molecule has 0 aliphatic carbocycles. The van der Waals surface area contributed by atoms with Crippen molar-refractivity contribution < 1.29 is 18.0 Å². The molecule has 1 aromatic carbocycles. The molecular weight excluding hydrogens is 259 g/mol. The number of H-pyrrole nitrogens is 1. The number of nitrogens with zero attached hydrogens (tertiary/aromatic N) is 1. The number of carbonyl (C=O) groups excluding carboxylic acids is 1. The molecule has 0 spiro atoms. The molecule has 1 unspecified atom stereocenters. The standard InChI is InChI=1S/C12H10F3N3O/c1-6(7-4-16-17-5-7)18-12(19)11-9(14)2-8(13)3-10(11)15/h2-6H,1H3,(H,16,17)(H,18,19). The second kappa shape index (κ2) is 5.13. The van der Waals surface area contributed by atoms with Gasteiger partial charge in [-0.2, -0.15) is 5.10 Å². The lowest BCUT2D eigenvalue weighted by atomic mass is 10.1. The van der Waals surface area contributed by atoms with Crippen LogP contribution in [0.15, 0.2) is 24.5 Å². The fourth-order valence-electron chi connectivity index (χ4n) is 1.61. The van der Waals surface area contributed by atoms with Crippen molar-refractivity contribution in [2.24, 2.45) is 0 Å². The Bertz CT molecular complexity index is 575. The highest BCUT2D eigenvalue weighted by Crippen LogP contribution is 2.17. The average molecular weight is 269 g/mol. The van der Waals surface area contributed by atoms with Crippen LogP contribution in [-0.4, -0.2) is 16.1 Å². The highest BCUT2D eigenvalue weighted by atomic mass is 19.1. The third kappa shape index (κ3) is 2.75. The summed E-state index contributed by atoms with van der Waals surface area (Å²) in [6.07, 6.45) is 3.02. The summed E-state index contributed by atoms with van der Waals surface area (Å²) in [7, 11) is 0. The topological polar surface area (TPSA) is 57.8 Å². The molecule has 100 valence electrons. The minimum Gasteiger partial charge on any atom is -0.345 e.